The number of non-ortho nitro benzene ring substituents is 1. The zero-order chi connectivity index (χ0) is 14.9. The number of nitro benzene ring substituents is 1. The quantitative estimate of drug-likeness (QED) is 0.634. The van der Waals surface area contributed by atoms with Crippen LogP contribution in [0.2, 0.25) is 5.02 Å². The van der Waals surface area contributed by atoms with E-state index in [4.69, 9.17) is 11.6 Å². The molecule has 1 aromatic carbocycles. The lowest BCUT2D eigenvalue weighted by molar-refractivity contribution is -0.385. The van der Waals surface area contributed by atoms with Crippen LogP contribution in [-0.2, 0) is 10.0 Å². The third-order valence-electron chi connectivity index (χ3n) is 3.45. The van der Waals surface area contributed by atoms with E-state index in [0.29, 0.717) is 6.54 Å². The molecule has 1 aliphatic heterocycles. The topological polar surface area (TPSA) is 80.5 Å². The lowest BCUT2D eigenvalue weighted by Gasteiger charge is -2.32. The van der Waals surface area contributed by atoms with Crippen molar-refractivity contribution in [3.8, 4) is 0 Å². The monoisotopic (exact) mass is 318 g/mol. The minimum Gasteiger partial charge on any atom is -0.258 e. The summed E-state index contributed by atoms with van der Waals surface area (Å²) in [5.41, 5.74) is -0.280. The number of benzene rings is 1. The van der Waals surface area contributed by atoms with E-state index in [-0.39, 0.29) is 21.6 Å². The number of halogens is 1. The molecule has 1 heterocycles. The van der Waals surface area contributed by atoms with Gasteiger partial charge in [-0.25, -0.2) is 8.42 Å². The second-order valence-electron chi connectivity index (χ2n) is 4.83. The predicted octanol–water partition coefficient (Wildman–Crippen LogP) is 2.81. The molecule has 0 N–H and O–H groups in total. The zero-order valence-corrected chi connectivity index (χ0v) is 12.5. The molecular formula is C12H15ClN2O4S. The molecule has 1 unspecified atom stereocenters. The number of nitrogens with zero attached hydrogens (tertiary/aromatic N) is 2. The Morgan fingerprint density at radius 2 is 2.10 bits per heavy atom. The van der Waals surface area contributed by atoms with E-state index in [0.717, 1.165) is 25.3 Å². The van der Waals surface area contributed by atoms with E-state index < -0.39 is 14.9 Å². The van der Waals surface area contributed by atoms with Crippen LogP contribution in [-0.4, -0.2) is 30.2 Å². The van der Waals surface area contributed by atoms with Crippen LogP contribution < -0.4 is 0 Å². The molecule has 1 atom stereocenters. The highest BCUT2D eigenvalue weighted by molar-refractivity contribution is 7.89. The Morgan fingerprint density at radius 1 is 1.40 bits per heavy atom. The second kappa shape index (κ2) is 5.67. The van der Waals surface area contributed by atoms with Crippen LogP contribution >= 0.6 is 11.6 Å². The van der Waals surface area contributed by atoms with Gasteiger partial charge in [0.2, 0.25) is 10.0 Å². The van der Waals surface area contributed by atoms with Crippen LogP contribution in [0.5, 0.6) is 0 Å². The molecule has 110 valence electrons. The number of rotatable bonds is 3. The lowest BCUT2D eigenvalue weighted by Crippen LogP contribution is -2.42. The van der Waals surface area contributed by atoms with Crippen LogP contribution in [0.15, 0.2) is 23.1 Å². The summed E-state index contributed by atoms with van der Waals surface area (Å²) in [6, 6.07) is 3.35. The van der Waals surface area contributed by atoms with Crippen molar-refractivity contribution in [3.05, 3.63) is 33.3 Å². The van der Waals surface area contributed by atoms with E-state index in [1.807, 2.05) is 6.92 Å². The summed E-state index contributed by atoms with van der Waals surface area (Å²) in [6.07, 6.45) is 2.55. The van der Waals surface area contributed by atoms with Crippen molar-refractivity contribution >= 4 is 27.3 Å². The Bertz CT molecular complexity index is 632. The van der Waals surface area contributed by atoms with Gasteiger partial charge in [0.25, 0.3) is 5.69 Å². The highest BCUT2D eigenvalue weighted by atomic mass is 35.5. The fourth-order valence-electron chi connectivity index (χ4n) is 2.36. The van der Waals surface area contributed by atoms with Gasteiger partial charge in [-0.05, 0) is 25.8 Å². The summed E-state index contributed by atoms with van der Waals surface area (Å²) in [5.74, 6) is 0. The van der Waals surface area contributed by atoms with Gasteiger partial charge < -0.3 is 0 Å². The number of hydrogen-bond acceptors (Lipinski definition) is 4. The molecule has 2 rings (SSSR count). The molecule has 1 aliphatic rings. The van der Waals surface area contributed by atoms with E-state index in [2.05, 4.69) is 0 Å². The average molecular weight is 319 g/mol. The Balaban J connectivity index is 2.48. The van der Waals surface area contributed by atoms with Gasteiger partial charge in [0.15, 0.2) is 0 Å². The van der Waals surface area contributed by atoms with Crippen molar-refractivity contribution in [1.29, 1.82) is 0 Å². The molecule has 1 saturated heterocycles. The maximum Gasteiger partial charge on any atom is 0.270 e. The maximum atomic E-state index is 12.6. The number of nitro groups is 1. The van der Waals surface area contributed by atoms with E-state index >= 15 is 0 Å². The maximum absolute atomic E-state index is 12.6. The van der Waals surface area contributed by atoms with Gasteiger partial charge in [-0.15, -0.1) is 0 Å². The molecule has 0 amide bonds. The average Bonchev–Trinajstić information content (AvgIpc) is 2.39. The van der Waals surface area contributed by atoms with Crippen molar-refractivity contribution in [1.82, 2.24) is 4.31 Å². The Kier molecular flexibility index (Phi) is 4.31. The number of piperidine rings is 1. The van der Waals surface area contributed by atoms with Crippen LogP contribution in [0.1, 0.15) is 26.2 Å². The van der Waals surface area contributed by atoms with Crippen molar-refractivity contribution < 1.29 is 13.3 Å². The third kappa shape index (κ3) is 2.79. The fourth-order valence-corrected chi connectivity index (χ4v) is 4.55. The first kappa shape index (κ1) is 15.2. The highest BCUT2D eigenvalue weighted by Gasteiger charge is 2.33. The molecule has 0 bridgehead atoms. The van der Waals surface area contributed by atoms with Gasteiger partial charge in [0.05, 0.1) is 9.95 Å². The minimum absolute atomic E-state index is 0.00775. The van der Waals surface area contributed by atoms with Gasteiger partial charge in [-0.1, -0.05) is 18.0 Å². The standard InChI is InChI=1S/C12H15ClN2O4S/c1-9-4-2-3-7-14(9)20(18,19)12-8-10(15(16)17)5-6-11(12)13/h5-6,8-9H,2-4,7H2,1H3. The summed E-state index contributed by atoms with van der Waals surface area (Å²) in [6.45, 7) is 2.25. The molecule has 8 heteroatoms. The summed E-state index contributed by atoms with van der Waals surface area (Å²) >= 11 is 5.92. The van der Waals surface area contributed by atoms with Crippen LogP contribution in [0.4, 0.5) is 5.69 Å². The largest absolute Gasteiger partial charge is 0.270 e. The number of hydrogen-bond donors (Lipinski definition) is 0. The van der Waals surface area contributed by atoms with Crippen LogP contribution in [0, 0.1) is 10.1 Å². The van der Waals surface area contributed by atoms with Gasteiger partial charge in [-0.3, -0.25) is 10.1 Å². The summed E-state index contributed by atoms with van der Waals surface area (Å²) in [4.78, 5) is 9.96. The lowest BCUT2D eigenvalue weighted by atomic mass is 10.1. The highest BCUT2D eigenvalue weighted by Crippen LogP contribution is 2.31. The van der Waals surface area contributed by atoms with Gasteiger partial charge in [0, 0.05) is 24.7 Å². The molecule has 0 spiro atoms. The van der Waals surface area contributed by atoms with Crippen LogP contribution in [0.3, 0.4) is 0 Å². The fraction of sp³-hybridized carbons (Fsp3) is 0.500. The van der Waals surface area contributed by atoms with Crippen LogP contribution in [0.25, 0.3) is 0 Å². The first-order valence-electron chi connectivity index (χ1n) is 6.30. The predicted molar refractivity (Wildman–Crippen MR) is 75.3 cm³/mol. The van der Waals surface area contributed by atoms with E-state index in [1.165, 1.54) is 16.4 Å². The first-order valence-corrected chi connectivity index (χ1v) is 8.11. The summed E-state index contributed by atoms with van der Waals surface area (Å²) in [7, 11) is -3.80. The molecule has 0 aliphatic carbocycles. The van der Waals surface area contributed by atoms with Gasteiger partial charge in [0.1, 0.15) is 4.90 Å². The van der Waals surface area contributed by atoms with Crippen molar-refractivity contribution in [2.24, 2.45) is 0 Å². The Labute approximate surface area is 122 Å². The molecule has 6 nitrogen and oxygen atoms in total. The molecule has 0 radical (unpaired) electrons. The third-order valence-corrected chi connectivity index (χ3v) is 5.95. The van der Waals surface area contributed by atoms with Gasteiger partial charge >= 0.3 is 0 Å². The smallest absolute Gasteiger partial charge is 0.258 e. The molecule has 1 fully saturated rings. The minimum atomic E-state index is -3.80. The molecule has 1 aromatic rings. The van der Waals surface area contributed by atoms with E-state index in [1.54, 1.807) is 0 Å². The van der Waals surface area contributed by atoms with Crippen molar-refractivity contribution in [3.63, 3.8) is 0 Å². The molecule has 0 aromatic heterocycles. The van der Waals surface area contributed by atoms with E-state index in [9.17, 15) is 18.5 Å². The Hall–Kier alpha value is -1.18. The zero-order valence-electron chi connectivity index (χ0n) is 11.0. The molecule has 20 heavy (non-hydrogen) atoms. The summed E-state index contributed by atoms with van der Waals surface area (Å²) in [5, 5.41) is 10.8. The molecular weight excluding hydrogens is 304 g/mol. The summed E-state index contributed by atoms with van der Waals surface area (Å²) < 4.78 is 26.6. The first-order chi connectivity index (χ1) is 9.34. The second-order valence-corrected chi connectivity index (χ2v) is 7.10. The van der Waals surface area contributed by atoms with Crippen molar-refractivity contribution in [2.45, 2.75) is 37.1 Å². The Morgan fingerprint density at radius 3 is 2.70 bits per heavy atom. The molecule has 0 saturated carbocycles. The SMILES string of the molecule is CC1CCCCN1S(=O)(=O)c1cc([N+](=O)[O-])ccc1Cl. The normalized spacial score (nSPS) is 20.8. The van der Waals surface area contributed by atoms with Gasteiger partial charge in [-0.2, -0.15) is 4.31 Å². The number of sulfonamides is 1. The van der Waals surface area contributed by atoms with Crippen molar-refractivity contribution in [2.75, 3.05) is 6.54 Å².